The first-order chi connectivity index (χ1) is 10.6. The van der Waals surface area contributed by atoms with Gasteiger partial charge in [-0.25, -0.2) is 0 Å². The van der Waals surface area contributed by atoms with Crippen LogP contribution >= 0.6 is 0 Å². The lowest BCUT2D eigenvalue weighted by atomic mass is 9.97. The van der Waals surface area contributed by atoms with E-state index in [-0.39, 0.29) is 17.7 Å². The Morgan fingerprint density at radius 1 is 1.27 bits per heavy atom. The molecule has 0 aromatic heterocycles. The summed E-state index contributed by atoms with van der Waals surface area (Å²) in [4.78, 5) is 25.6. The highest BCUT2D eigenvalue weighted by atomic mass is 16.2. The molecule has 1 atom stereocenters. The van der Waals surface area contributed by atoms with Crippen LogP contribution in [0.1, 0.15) is 51.5 Å². The minimum atomic E-state index is 0.0796. The summed E-state index contributed by atoms with van der Waals surface area (Å²) in [6.07, 6.45) is 2.63. The average molecular weight is 302 g/mol. The highest BCUT2D eigenvalue weighted by Crippen LogP contribution is 2.37. The molecule has 4 nitrogen and oxygen atoms in total. The number of nitrogens with zero attached hydrogens (tertiary/aromatic N) is 1. The molecular weight excluding hydrogens is 276 g/mol. The Hall–Kier alpha value is -1.84. The SMILES string of the molecule is CCC(CC)C(=O)NCCC1CN(C(C)=O)c2ccccc21. The highest BCUT2D eigenvalue weighted by molar-refractivity contribution is 5.94. The molecule has 0 radical (unpaired) electrons. The van der Waals surface area contributed by atoms with Crippen molar-refractivity contribution in [2.24, 2.45) is 5.92 Å². The van der Waals surface area contributed by atoms with Crippen molar-refractivity contribution in [2.45, 2.75) is 46.0 Å². The molecule has 0 saturated heterocycles. The molecule has 0 fully saturated rings. The molecule has 1 aliphatic rings. The zero-order chi connectivity index (χ0) is 16.1. The second kappa shape index (κ2) is 7.43. The summed E-state index contributed by atoms with van der Waals surface area (Å²) in [6, 6.07) is 8.06. The van der Waals surface area contributed by atoms with Crippen LogP contribution in [0.5, 0.6) is 0 Å². The fraction of sp³-hybridized carbons (Fsp3) is 0.556. The zero-order valence-electron chi connectivity index (χ0n) is 13.8. The molecule has 4 heteroatoms. The first-order valence-electron chi connectivity index (χ1n) is 8.23. The van der Waals surface area contributed by atoms with Crippen molar-refractivity contribution >= 4 is 17.5 Å². The van der Waals surface area contributed by atoms with E-state index in [9.17, 15) is 9.59 Å². The van der Waals surface area contributed by atoms with Crippen molar-refractivity contribution in [1.82, 2.24) is 5.32 Å². The quantitative estimate of drug-likeness (QED) is 0.878. The van der Waals surface area contributed by atoms with Gasteiger partial charge in [0.25, 0.3) is 0 Å². The number of rotatable bonds is 6. The molecule has 0 spiro atoms. The molecule has 2 rings (SSSR count). The van der Waals surface area contributed by atoms with Crippen molar-refractivity contribution in [1.29, 1.82) is 0 Å². The van der Waals surface area contributed by atoms with E-state index in [2.05, 4.69) is 11.4 Å². The molecule has 1 aliphatic heterocycles. The number of carbonyl (C=O) groups is 2. The van der Waals surface area contributed by atoms with Gasteiger partial charge in [-0.2, -0.15) is 0 Å². The minimum absolute atomic E-state index is 0.0796. The summed E-state index contributed by atoms with van der Waals surface area (Å²) in [5, 5.41) is 3.04. The second-order valence-electron chi connectivity index (χ2n) is 5.98. The summed E-state index contributed by atoms with van der Waals surface area (Å²) in [7, 11) is 0. The molecule has 1 N–H and O–H groups in total. The van der Waals surface area contributed by atoms with E-state index in [0.717, 1.165) is 31.5 Å². The normalized spacial score (nSPS) is 16.7. The Labute approximate surface area is 132 Å². The van der Waals surface area contributed by atoms with Gasteiger partial charge in [-0.15, -0.1) is 0 Å². The van der Waals surface area contributed by atoms with Crippen LogP contribution in [0, 0.1) is 5.92 Å². The molecule has 1 unspecified atom stereocenters. The molecule has 0 saturated carbocycles. The summed E-state index contributed by atoms with van der Waals surface area (Å²) >= 11 is 0. The smallest absolute Gasteiger partial charge is 0.223 e. The van der Waals surface area contributed by atoms with Crippen molar-refractivity contribution in [3.63, 3.8) is 0 Å². The van der Waals surface area contributed by atoms with Gasteiger partial charge in [0.1, 0.15) is 0 Å². The molecule has 0 bridgehead atoms. The van der Waals surface area contributed by atoms with E-state index < -0.39 is 0 Å². The second-order valence-corrected chi connectivity index (χ2v) is 5.98. The number of carbonyl (C=O) groups excluding carboxylic acids is 2. The molecule has 1 heterocycles. The van der Waals surface area contributed by atoms with Gasteiger partial charge in [-0.3, -0.25) is 9.59 Å². The predicted molar refractivity (Wildman–Crippen MR) is 88.9 cm³/mol. The number of nitrogens with one attached hydrogen (secondary N) is 1. The maximum absolute atomic E-state index is 12.0. The number of hydrogen-bond acceptors (Lipinski definition) is 2. The Balaban J connectivity index is 1.95. The van der Waals surface area contributed by atoms with Gasteiger partial charge >= 0.3 is 0 Å². The van der Waals surface area contributed by atoms with E-state index in [1.165, 1.54) is 5.56 Å². The number of benzene rings is 1. The lowest BCUT2D eigenvalue weighted by Crippen LogP contribution is -2.32. The Morgan fingerprint density at radius 3 is 2.59 bits per heavy atom. The van der Waals surface area contributed by atoms with Crippen molar-refractivity contribution in [3.8, 4) is 0 Å². The van der Waals surface area contributed by atoms with Gasteiger partial charge < -0.3 is 10.2 Å². The van der Waals surface area contributed by atoms with E-state index in [1.807, 2.05) is 36.9 Å². The largest absolute Gasteiger partial charge is 0.356 e. The van der Waals surface area contributed by atoms with E-state index in [4.69, 9.17) is 0 Å². The summed E-state index contributed by atoms with van der Waals surface area (Å²) in [5.41, 5.74) is 2.24. The van der Waals surface area contributed by atoms with Crippen LogP contribution in [-0.2, 0) is 9.59 Å². The van der Waals surface area contributed by atoms with E-state index in [0.29, 0.717) is 12.5 Å². The van der Waals surface area contributed by atoms with Gasteiger partial charge in [-0.1, -0.05) is 32.0 Å². The summed E-state index contributed by atoms with van der Waals surface area (Å²) in [6.45, 7) is 7.08. The third-order valence-corrected chi connectivity index (χ3v) is 4.60. The van der Waals surface area contributed by atoms with Crippen molar-refractivity contribution in [2.75, 3.05) is 18.0 Å². The van der Waals surface area contributed by atoms with E-state index >= 15 is 0 Å². The number of fused-ring (bicyclic) bond motifs is 1. The van der Waals surface area contributed by atoms with Gasteiger partial charge in [0.05, 0.1) is 0 Å². The van der Waals surface area contributed by atoms with Gasteiger partial charge in [0.2, 0.25) is 11.8 Å². The monoisotopic (exact) mass is 302 g/mol. The third-order valence-electron chi connectivity index (χ3n) is 4.60. The Bertz CT molecular complexity index is 538. The topological polar surface area (TPSA) is 49.4 Å². The first-order valence-corrected chi connectivity index (χ1v) is 8.23. The first kappa shape index (κ1) is 16.5. The van der Waals surface area contributed by atoms with Crippen LogP contribution in [0.15, 0.2) is 24.3 Å². The number of para-hydroxylation sites is 1. The van der Waals surface area contributed by atoms with Crippen LogP contribution in [-0.4, -0.2) is 24.9 Å². The zero-order valence-corrected chi connectivity index (χ0v) is 13.8. The minimum Gasteiger partial charge on any atom is -0.356 e. The lowest BCUT2D eigenvalue weighted by molar-refractivity contribution is -0.125. The number of anilines is 1. The van der Waals surface area contributed by atoms with Crippen LogP contribution in [0.4, 0.5) is 5.69 Å². The number of amides is 2. The standard InChI is InChI=1S/C18H26N2O2/c1-4-14(5-2)18(22)19-11-10-15-12-20(13(3)21)17-9-7-6-8-16(15)17/h6-9,14-15H,4-5,10-12H2,1-3H3,(H,19,22). The fourth-order valence-electron chi connectivity index (χ4n) is 3.21. The summed E-state index contributed by atoms with van der Waals surface area (Å²) < 4.78 is 0. The summed E-state index contributed by atoms with van der Waals surface area (Å²) in [5.74, 6) is 0.655. The van der Waals surface area contributed by atoms with Gasteiger partial charge in [0, 0.05) is 37.5 Å². The van der Waals surface area contributed by atoms with Crippen LogP contribution < -0.4 is 10.2 Å². The predicted octanol–water partition coefficient (Wildman–Crippen LogP) is 3.08. The maximum Gasteiger partial charge on any atom is 0.223 e. The maximum atomic E-state index is 12.0. The van der Waals surface area contributed by atoms with Crippen LogP contribution in [0.25, 0.3) is 0 Å². The van der Waals surface area contributed by atoms with Crippen molar-refractivity contribution < 1.29 is 9.59 Å². The third kappa shape index (κ3) is 3.49. The molecule has 0 aliphatic carbocycles. The van der Waals surface area contributed by atoms with Crippen LogP contribution in [0.2, 0.25) is 0 Å². The fourth-order valence-corrected chi connectivity index (χ4v) is 3.21. The lowest BCUT2D eigenvalue weighted by Gasteiger charge is -2.16. The molecule has 22 heavy (non-hydrogen) atoms. The van der Waals surface area contributed by atoms with Gasteiger partial charge in [0.15, 0.2) is 0 Å². The molecule has 2 amide bonds. The van der Waals surface area contributed by atoms with Crippen LogP contribution in [0.3, 0.4) is 0 Å². The molecule has 1 aromatic rings. The highest BCUT2D eigenvalue weighted by Gasteiger charge is 2.30. The molecule has 1 aromatic carbocycles. The van der Waals surface area contributed by atoms with Gasteiger partial charge in [-0.05, 0) is 30.9 Å². The molecular formula is C18H26N2O2. The Kier molecular flexibility index (Phi) is 5.58. The van der Waals surface area contributed by atoms with Crippen molar-refractivity contribution in [3.05, 3.63) is 29.8 Å². The number of hydrogen-bond donors (Lipinski definition) is 1. The molecule has 120 valence electrons. The average Bonchev–Trinajstić information content (AvgIpc) is 2.88. The Morgan fingerprint density at radius 2 is 1.95 bits per heavy atom. The van der Waals surface area contributed by atoms with E-state index in [1.54, 1.807) is 6.92 Å².